The highest BCUT2D eigenvalue weighted by Gasteiger charge is 2.12. The van der Waals surface area contributed by atoms with E-state index < -0.39 is 5.91 Å². The molecule has 0 fully saturated rings. The van der Waals surface area contributed by atoms with E-state index in [1.807, 2.05) is 0 Å². The summed E-state index contributed by atoms with van der Waals surface area (Å²) in [6, 6.07) is 8.46. The highest BCUT2D eigenvalue weighted by molar-refractivity contribution is 6.05. The first-order chi connectivity index (χ1) is 14.0. The lowest BCUT2D eigenvalue weighted by Gasteiger charge is -2.09. The average molecular weight is 390 g/mol. The van der Waals surface area contributed by atoms with Crippen LogP contribution >= 0.6 is 0 Å². The van der Waals surface area contributed by atoms with E-state index in [0.29, 0.717) is 28.0 Å². The highest BCUT2D eigenvalue weighted by Crippen LogP contribution is 2.26. The van der Waals surface area contributed by atoms with Crippen LogP contribution in [0.25, 0.3) is 22.3 Å². The van der Waals surface area contributed by atoms with E-state index in [4.69, 9.17) is 0 Å². The van der Waals surface area contributed by atoms with Gasteiger partial charge < -0.3 is 16.0 Å². The third-order valence-electron chi connectivity index (χ3n) is 4.02. The minimum atomic E-state index is -0.487. The van der Waals surface area contributed by atoms with Crippen LogP contribution in [0.3, 0.4) is 0 Å². The lowest BCUT2D eigenvalue weighted by atomic mass is 10.1. The third kappa shape index (κ3) is 4.59. The van der Waals surface area contributed by atoms with Crippen LogP contribution < -0.4 is 16.0 Å². The maximum atomic E-state index is 12.2. The Labute approximate surface area is 166 Å². The zero-order valence-corrected chi connectivity index (χ0v) is 15.6. The molecular weight excluding hydrogens is 372 g/mol. The molecule has 0 saturated carbocycles. The van der Waals surface area contributed by atoms with E-state index >= 15 is 0 Å². The number of anilines is 1. The molecule has 1 aromatic carbocycles. The summed E-state index contributed by atoms with van der Waals surface area (Å²) in [6.07, 6.45) is 4.24. The van der Waals surface area contributed by atoms with Gasteiger partial charge in [0.1, 0.15) is 5.69 Å². The van der Waals surface area contributed by atoms with Gasteiger partial charge >= 0.3 is 0 Å². The van der Waals surface area contributed by atoms with Crippen LogP contribution in [0.15, 0.2) is 55.4 Å². The fraction of sp³-hybridized carbons (Fsp3) is 0.100. The first-order valence-corrected chi connectivity index (χ1v) is 8.66. The molecule has 0 aliphatic rings. The Balaban J connectivity index is 1.93. The summed E-state index contributed by atoms with van der Waals surface area (Å²) in [7, 11) is 1.48. The molecule has 0 aliphatic heterocycles. The number of fused-ring (bicyclic) bond motifs is 1. The molecule has 9 nitrogen and oxygen atoms in total. The smallest absolute Gasteiger partial charge is 0.270 e. The zero-order chi connectivity index (χ0) is 20.8. The lowest BCUT2D eigenvalue weighted by molar-refractivity contribution is -0.119. The Morgan fingerprint density at radius 2 is 1.90 bits per heavy atom. The standard InChI is InChI=1S/C20H18N6O3/c1-3-17(27)25-15-6-8-22-14-5-4-12(10-13(14)15)19-23-9-7-16(26-19)20(29)24-11-18(28)21-2/h3-10H,1,11H2,2H3,(H,21,28)(H,24,29)(H,22,25,27). The van der Waals surface area contributed by atoms with Gasteiger partial charge in [-0.2, -0.15) is 0 Å². The van der Waals surface area contributed by atoms with Gasteiger partial charge in [0, 0.05) is 30.4 Å². The molecule has 0 saturated heterocycles. The molecule has 0 atom stereocenters. The summed E-state index contributed by atoms with van der Waals surface area (Å²) in [6.45, 7) is 3.30. The molecule has 2 aromatic heterocycles. The van der Waals surface area contributed by atoms with Crippen LogP contribution in [0.1, 0.15) is 10.5 Å². The predicted molar refractivity (Wildman–Crippen MR) is 108 cm³/mol. The molecule has 0 unspecified atom stereocenters. The Morgan fingerprint density at radius 3 is 2.66 bits per heavy atom. The normalized spacial score (nSPS) is 10.2. The number of hydrogen-bond donors (Lipinski definition) is 3. The van der Waals surface area contributed by atoms with Gasteiger partial charge in [-0.15, -0.1) is 0 Å². The molecule has 3 N–H and O–H groups in total. The van der Waals surface area contributed by atoms with Crippen LogP contribution in [0.2, 0.25) is 0 Å². The summed E-state index contributed by atoms with van der Waals surface area (Å²) >= 11 is 0. The topological polar surface area (TPSA) is 126 Å². The SMILES string of the molecule is C=CC(=O)Nc1ccnc2ccc(-c3nccc(C(=O)NCC(=O)NC)n3)cc12. The van der Waals surface area contributed by atoms with Gasteiger partial charge in [-0.3, -0.25) is 19.4 Å². The van der Waals surface area contributed by atoms with Crippen molar-refractivity contribution in [2.75, 3.05) is 18.9 Å². The van der Waals surface area contributed by atoms with Gasteiger partial charge in [0.15, 0.2) is 5.82 Å². The van der Waals surface area contributed by atoms with Gasteiger partial charge in [0.2, 0.25) is 11.8 Å². The molecule has 0 aliphatic carbocycles. The largest absolute Gasteiger partial charge is 0.358 e. The fourth-order valence-corrected chi connectivity index (χ4v) is 2.54. The van der Waals surface area contributed by atoms with Crippen molar-refractivity contribution in [3.05, 3.63) is 61.1 Å². The number of likely N-dealkylation sites (N-methyl/N-ethyl adjacent to an activating group) is 1. The number of carbonyl (C=O) groups is 3. The minimum absolute atomic E-state index is 0.130. The monoisotopic (exact) mass is 390 g/mol. The van der Waals surface area contributed by atoms with Gasteiger partial charge in [-0.25, -0.2) is 9.97 Å². The van der Waals surface area contributed by atoms with Gasteiger partial charge in [-0.05, 0) is 36.4 Å². The Kier molecular flexibility index (Phi) is 5.88. The molecule has 0 radical (unpaired) electrons. The molecule has 0 spiro atoms. The van der Waals surface area contributed by atoms with Gasteiger partial charge in [0.05, 0.1) is 17.7 Å². The maximum absolute atomic E-state index is 12.2. The van der Waals surface area contributed by atoms with E-state index in [1.54, 1.807) is 30.5 Å². The predicted octanol–water partition coefficient (Wildman–Crippen LogP) is 1.29. The van der Waals surface area contributed by atoms with Gasteiger partial charge in [-0.1, -0.05) is 6.58 Å². The van der Waals surface area contributed by atoms with Crippen LogP contribution in [0, 0.1) is 0 Å². The molecule has 0 bridgehead atoms. The van der Waals surface area contributed by atoms with E-state index in [2.05, 4.69) is 37.5 Å². The van der Waals surface area contributed by atoms with Crippen molar-refractivity contribution in [2.24, 2.45) is 0 Å². The van der Waals surface area contributed by atoms with E-state index in [0.717, 1.165) is 0 Å². The van der Waals surface area contributed by atoms with Crippen molar-refractivity contribution in [3.8, 4) is 11.4 Å². The Bertz CT molecular complexity index is 1110. The molecule has 29 heavy (non-hydrogen) atoms. The average Bonchev–Trinajstić information content (AvgIpc) is 2.77. The second kappa shape index (κ2) is 8.70. The molecule has 2 heterocycles. The fourth-order valence-electron chi connectivity index (χ4n) is 2.54. The molecule has 3 amide bonds. The minimum Gasteiger partial charge on any atom is -0.358 e. The van der Waals surface area contributed by atoms with Crippen LogP contribution in [0.4, 0.5) is 5.69 Å². The van der Waals surface area contributed by atoms with Crippen LogP contribution in [0.5, 0.6) is 0 Å². The summed E-state index contributed by atoms with van der Waals surface area (Å²) in [5.41, 5.74) is 2.02. The molecule has 3 rings (SSSR count). The number of amides is 3. The summed E-state index contributed by atoms with van der Waals surface area (Å²) < 4.78 is 0. The van der Waals surface area contributed by atoms with Crippen molar-refractivity contribution in [3.63, 3.8) is 0 Å². The third-order valence-corrected chi connectivity index (χ3v) is 4.02. The second-order valence-electron chi connectivity index (χ2n) is 5.91. The number of hydrogen-bond acceptors (Lipinski definition) is 6. The van der Waals surface area contributed by atoms with Crippen molar-refractivity contribution in [2.45, 2.75) is 0 Å². The number of carbonyl (C=O) groups excluding carboxylic acids is 3. The summed E-state index contributed by atoms with van der Waals surface area (Å²) in [4.78, 5) is 48.0. The highest BCUT2D eigenvalue weighted by atomic mass is 16.2. The first-order valence-electron chi connectivity index (χ1n) is 8.66. The van der Waals surface area contributed by atoms with E-state index in [1.165, 1.54) is 25.4 Å². The van der Waals surface area contributed by atoms with Crippen LogP contribution in [-0.4, -0.2) is 46.3 Å². The Morgan fingerprint density at radius 1 is 1.10 bits per heavy atom. The first kappa shape index (κ1) is 19.6. The van der Waals surface area contributed by atoms with E-state index in [9.17, 15) is 14.4 Å². The second-order valence-corrected chi connectivity index (χ2v) is 5.91. The lowest BCUT2D eigenvalue weighted by Crippen LogP contribution is -2.35. The van der Waals surface area contributed by atoms with Crippen molar-refractivity contribution < 1.29 is 14.4 Å². The quantitative estimate of drug-likeness (QED) is 0.545. The van der Waals surface area contributed by atoms with E-state index in [-0.39, 0.29) is 24.1 Å². The maximum Gasteiger partial charge on any atom is 0.270 e. The molecule has 9 heteroatoms. The molecular formula is C20H18N6O3. The molecule has 146 valence electrons. The number of nitrogens with one attached hydrogen (secondary N) is 3. The van der Waals surface area contributed by atoms with Gasteiger partial charge in [0.25, 0.3) is 5.91 Å². The number of rotatable bonds is 6. The molecule has 3 aromatic rings. The zero-order valence-electron chi connectivity index (χ0n) is 15.6. The van der Waals surface area contributed by atoms with Crippen molar-refractivity contribution >= 4 is 34.3 Å². The van der Waals surface area contributed by atoms with Crippen molar-refractivity contribution in [1.82, 2.24) is 25.6 Å². The summed E-state index contributed by atoms with van der Waals surface area (Å²) in [5.74, 6) is -0.819. The summed E-state index contributed by atoms with van der Waals surface area (Å²) in [5, 5.41) is 8.34. The number of aromatic nitrogens is 3. The number of nitrogens with zero attached hydrogens (tertiary/aromatic N) is 3. The van der Waals surface area contributed by atoms with Crippen LogP contribution in [-0.2, 0) is 9.59 Å². The van der Waals surface area contributed by atoms with Crippen molar-refractivity contribution in [1.29, 1.82) is 0 Å². The number of pyridine rings is 1. The number of benzene rings is 1. The Hall–Kier alpha value is -4.14.